The molecule has 110 valence electrons. The van der Waals surface area contributed by atoms with Crippen LogP contribution >= 0.6 is 0 Å². The second-order valence-electron chi connectivity index (χ2n) is 5.28. The zero-order valence-corrected chi connectivity index (χ0v) is 12.6. The first-order chi connectivity index (χ1) is 10.3. The molecular weight excluding hydrogens is 258 g/mol. The first-order valence-electron chi connectivity index (χ1n) is 7.71. The van der Waals surface area contributed by atoms with Gasteiger partial charge in [0.25, 0.3) is 5.91 Å². The van der Waals surface area contributed by atoms with Gasteiger partial charge >= 0.3 is 0 Å². The van der Waals surface area contributed by atoms with Crippen molar-refractivity contribution in [2.45, 2.75) is 32.6 Å². The maximum atomic E-state index is 12.3. The number of hydrogen-bond acceptors (Lipinski definition) is 1. The van der Waals surface area contributed by atoms with Gasteiger partial charge in [0.1, 0.15) is 0 Å². The van der Waals surface area contributed by atoms with Crippen molar-refractivity contribution < 1.29 is 4.79 Å². The van der Waals surface area contributed by atoms with Crippen LogP contribution in [0.5, 0.6) is 0 Å². The van der Waals surface area contributed by atoms with Gasteiger partial charge in [0.2, 0.25) is 0 Å². The van der Waals surface area contributed by atoms with Gasteiger partial charge in [0.15, 0.2) is 0 Å². The van der Waals surface area contributed by atoms with Gasteiger partial charge in [-0.15, -0.1) is 0 Å². The fourth-order valence-electron chi connectivity index (χ4n) is 2.38. The fraction of sp³-hybridized carbons (Fsp3) is 0.316. The zero-order valence-electron chi connectivity index (χ0n) is 12.6. The smallest absolute Gasteiger partial charge is 0.251 e. The minimum absolute atomic E-state index is 0.0395. The number of nitrogens with one attached hydrogen (secondary N) is 1. The van der Waals surface area contributed by atoms with Crippen LogP contribution in [0.2, 0.25) is 0 Å². The maximum absolute atomic E-state index is 12.3. The van der Waals surface area contributed by atoms with Gasteiger partial charge in [-0.1, -0.05) is 68.3 Å². The average molecular weight is 281 g/mol. The largest absolute Gasteiger partial charge is 0.352 e. The second kappa shape index (κ2) is 8.25. The van der Waals surface area contributed by atoms with Gasteiger partial charge in [0, 0.05) is 12.1 Å². The molecule has 1 amide bonds. The lowest BCUT2D eigenvalue weighted by Gasteiger charge is -2.10. The molecule has 21 heavy (non-hydrogen) atoms. The van der Waals surface area contributed by atoms with Crippen LogP contribution in [0.15, 0.2) is 54.6 Å². The summed E-state index contributed by atoms with van der Waals surface area (Å²) in [7, 11) is 0. The monoisotopic (exact) mass is 281 g/mol. The van der Waals surface area contributed by atoms with E-state index in [0.29, 0.717) is 0 Å². The second-order valence-corrected chi connectivity index (χ2v) is 5.28. The fourth-order valence-corrected chi connectivity index (χ4v) is 2.38. The Morgan fingerprint density at radius 2 is 1.67 bits per heavy atom. The highest BCUT2D eigenvalue weighted by Crippen LogP contribution is 2.14. The van der Waals surface area contributed by atoms with Crippen LogP contribution in [0.4, 0.5) is 0 Å². The number of rotatable bonds is 7. The Morgan fingerprint density at radius 1 is 0.952 bits per heavy atom. The average Bonchev–Trinajstić information content (AvgIpc) is 2.53. The highest BCUT2D eigenvalue weighted by molar-refractivity contribution is 5.95. The summed E-state index contributed by atoms with van der Waals surface area (Å²) in [6, 6.07) is 18.1. The molecule has 2 heteroatoms. The zero-order chi connectivity index (χ0) is 14.9. The van der Waals surface area contributed by atoms with Crippen LogP contribution in [-0.4, -0.2) is 12.5 Å². The Kier molecular flexibility index (Phi) is 6.01. The van der Waals surface area contributed by atoms with Crippen molar-refractivity contribution in [3.05, 3.63) is 71.3 Å². The molecule has 0 saturated carbocycles. The summed E-state index contributed by atoms with van der Waals surface area (Å²) in [5.74, 6) is 0.0395. The third kappa shape index (κ3) is 4.75. The summed E-state index contributed by atoms with van der Waals surface area (Å²) in [5, 5.41) is 3.02. The number of hydrogen-bond donors (Lipinski definition) is 1. The van der Waals surface area contributed by atoms with Crippen LogP contribution in [0.1, 0.15) is 47.7 Å². The molecule has 0 unspecified atom stereocenters. The van der Waals surface area contributed by atoms with Crippen molar-refractivity contribution in [3.63, 3.8) is 0 Å². The standard InChI is InChI=1S/C19H23NO/c1-2-3-9-14-20-19(21)18-13-8-7-12-17(18)15-16-10-5-4-6-11-16/h4-8,10-13H,2-3,9,14-15H2,1H3,(H,20,21). The summed E-state index contributed by atoms with van der Waals surface area (Å²) < 4.78 is 0. The van der Waals surface area contributed by atoms with E-state index in [4.69, 9.17) is 0 Å². The molecule has 2 nitrogen and oxygen atoms in total. The van der Waals surface area contributed by atoms with Crippen molar-refractivity contribution in [1.82, 2.24) is 5.32 Å². The maximum Gasteiger partial charge on any atom is 0.251 e. The number of carbonyl (C=O) groups excluding carboxylic acids is 1. The molecule has 0 aromatic heterocycles. The van der Waals surface area contributed by atoms with E-state index in [1.165, 1.54) is 12.0 Å². The van der Waals surface area contributed by atoms with E-state index < -0.39 is 0 Å². The SMILES string of the molecule is CCCCCNC(=O)c1ccccc1Cc1ccccc1. The van der Waals surface area contributed by atoms with E-state index in [2.05, 4.69) is 24.4 Å². The number of carbonyl (C=O) groups is 1. The van der Waals surface area contributed by atoms with Crippen molar-refractivity contribution in [2.75, 3.05) is 6.54 Å². The van der Waals surface area contributed by atoms with E-state index in [-0.39, 0.29) is 5.91 Å². The lowest BCUT2D eigenvalue weighted by molar-refractivity contribution is 0.0952. The van der Waals surface area contributed by atoms with Crippen LogP contribution < -0.4 is 5.32 Å². The molecule has 0 aliphatic rings. The predicted molar refractivity (Wildman–Crippen MR) is 87.5 cm³/mol. The van der Waals surface area contributed by atoms with E-state index in [0.717, 1.165) is 36.9 Å². The summed E-state index contributed by atoms with van der Waals surface area (Å²) >= 11 is 0. The minimum atomic E-state index is 0.0395. The first kappa shape index (κ1) is 15.3. The number of unbranched alkanes of at least 4 members (excludes halogenated alkanes) is 2. The summed E-state index contributed by atoms with van der Waals surface area (Å²) in [6.45, 7) is 2.92. The molecule has 0 bridgehead atoms. The normalized spacial score (nSPS) is 10.3. The third-order valence-corrected chi connectivity index (χ3v) is 3.57. The van der Waals surface area contributed by atoms with Gasteiger partial charge < -0.3 is 5.32 Å². The van der Waals surface area contributed by atoms with E-state index in [9.17, 15) is 4.79 Å². The Morgan fingerprint density at radius 3 is 2.43 bits per heavy atom. The third-order valence-electron chi connectivity index (χ3n) is 3.57. The van der Waals surface area contributed by atoms with Crippen molar-refractivity contribution in [3.8, 4) is 0 Å². The lowest BCUT2D eigenvalue weighted by atomic mass is 9.99. The first-order valence-corrected chi connectivity index (χ1v) is 7.71. The van der Waals surface area contributed by atoms with Gasteiger partial charge in [-0.3, -0.25) is 4.79 Å². The van der Waals surface area contributed by atoms with Crippen LogP contribution in [-0.2, 0) is 6.42 Å². The number of benzene rings is 2. The quantitative estimate of drug-likeness (QED) is 0.757. The van der Waals surface area contributed by atoms with Crippen LogP contribution in [0.3, 0.4) is 0 Å². The molecule has 2 aromatic carbocycles. The Balaban J connectivity index is 2.04. The van der Waals surface area contributed by atoms with Crippen molar-refractivity contribution in [1.29, 1.82) is 0 Å². The summed E-state index contributed by atoms with van der Waals surface area (Å²) in [5.41, 5.74) is 3.10. The molecule has 0 heterocycles. The molecule has 0 aliphatic heterocycles. The lowest BCUT2D eigenvalue weighted by Crippen LogP contribution is -2.25. The van der Waals surface area contributed by atoms with Gasteiger partial charge in [0.05, 0.1) is 0 Å². The predicted octanol–water partition coefficient (Wildman–Crippen LogP) is 4.20. The molecule has 0 fully saturated rings. The molecule has 0 spiro atoms. The molecular formula is C19H23NO. The molecule has 0 saturated heterocycles. The molecule has 0 radical (unpaired) electrons. The van der Waals surface area contributed by atoms with Crippen molar-refractivity contribution in [2.24, 2.45) is 0 Å². The van der Waals surface area contributed by atoms with E-state index in [1.54, 1.807) is 0 Å². The van der Waals surface area contributed by atoms with E-state index in [1.807, 2.05) is 42.5 Å². The van der Waals surface area contributed by atoms with Crippen molar-refractivity contribution >= 4 is 5.91 Å². The molecule has 0 aliphatic carbocycles. The number of amides is 1. The molecule has 2 rings (SSSR count). The van der Waals surface area contributed by atoms with E-state index >= 15 is 0 Å². The Hall–Kier alpha value is -2.09. The molecule has 2 aromatic rings. The van der Waals surface area contributed by atoms with Gasteiger partial charge in [-0.25, -0.2) is 0 Å². The molecule has 0 atom stereocenters. The highest BCUT2D eigenvalue weighted by atomic mass is 16.1. The summed E-state index contributed by atoms with van der Waals surface area (Å²) in [6.07, 6.45) is 4.16. The Labute approximate surface area is 127 Å². The summed E-state index contributed by atoms with van der Waals surface area (Å²) in [4.78, 5) is 12.3. The van der Waals surface area contributed by atoms with Gasteiger partial charge in [-0.2, -0.15) is 0 Å². The highest BCUT2D eigenvalue weighted by Gasteiger charge is 2.10. The topological polar surface area (TPSA) is 29.1 Å². The van der Waals surface area contributed by atoms with Crippen LogP contribution in [0, 0.1) is 0 Å². The van der Waals surface area contributed by atoms with Crippen LogP contribution in [0.25, 0.3) is 0 Å². The van der Waals surface area contributed by atoms with Gasteiger partial charge in [-0.05, 0) is 30.0 Å². The molecule has 1 N–H and O–H groups in total. The minimum Gasteiger partial charge on any atom is -0.352 e. The Bertz CT molecular complexity index is 563.